The van der Waals surface area contributed by atoms with Crippen molar-refractivity contribution in [2.75, 3.05) is 11.1 Å². The van der Waals surface area contributed by atoms with Gasteiger partial charge in [0.2, 0.25) is 0 Å². The summed E-state index contributed by atoms with van der Waals surface area (Å²) in [4.78, 5) is 11.8. The number of nitrogens with zero attached hydrogens (tertiary/aromatic N) is 1. The zero-order chi connectivity index (χ0) is 18.6. The molecule has 5 nitrogen and oxygen atoms in total. The quantitative estimate of drug-likeness (QED) is 0.690. The number of hydrogen-bond donors (Lipinski definition) is 3. The van der Waals surface area contributed by atoms with Gasteiger partial charge in [-0.2, -0.15) is 5.26 Å². The third-order valence-electron chi connectivity index (χ3n) is 4.29. The minimum Gasteiger partial charge on any atom is -0.479 e. The van der Waals surface area contributed by atoms with E-state index in [0.29, 0.717) is 28.4 Å². The first kappa shape index (κ1) is 18.3. The SMILES string of the molecule is CCc1c(C(C)C)ccc(C(Nc2ccc(C#N)cc2)C(=O)O)c1N. The van der Waals surface area contributed by atoms with Crippen molar-refractivity contribution in [3.63, 3.8) is 0 Å². The van der Waals surface area contributed by atoms with Gasteiger partial charge in [0.25, 0.3) is 0 Å². The Balaban J connectivity index is 2.43. The van der Waals surface area contributed by atoms with Crippen LogP contribution >= 0.6 is 0 Å². The maximum atomic E-state index is 11.8. The van der Waals surface area contributed by atoms with Crippen LogP contribution in [0, 0.1) is 11.3 Å². The Hall–Kier alpha value is -3.00. The van der Waals surface area contributed by atoms with Crippen molar-refractivity contribution in [3.05, 3.63) is 58.7 Å². The van der Waals surface area contributed by atoms with Gasteiger partial charge in [-0.1, -0.05) is 32.9 Å². The number of nitrogens with one attached hydrogen (secondary N) is 1. The summed E-state index contributed by atoms with van der Waals surface area (Å²) in [6.45, 7) is 6.21. The number of carboxylic acids is 1. The summed E-state index contributed by atoms with van der Waals surface area (Å²) in [5, 5.41) is 21.5. The zero-order valence-electron chi connectivity index (χ0n) is 14.7. The number of benzene rings is 2. The summed E-state index contributed by atoms with van der Waals surface area (Å²) < 4.78 is 0. The molecule has 0 bridgehead atoms. The van der Waals surface area contributed by atoms with E-state index >= 15 is 0 Å². The molecule has 2 aromatic carbocycles. The second-order valence-electron chi connectivity index (χ2n) is 6.25. The fourth-order valence-electron chi connectivity index (χ4n) is 2.97. The van der Waals surface area contributed by atoms with Gasteiger partial charge in [-0.3, -0.25) is 0 Å². The second kappa shape index (κ2) is 7.71. The minimum absolute atomic E-state index is 0.320. The smallest absolute Gasteiger partial charge is 0.330 e. The van der Waals surface area contributed by atoms with Gasteiger partial charge in [0.05, 0.1) is 11.6 Å². The highest BCUT2D eigenvalue weighted by Crippen LogP contribution is 2.33. The van der Waals surface area contributed by atoms with Crippen molar-refractivity contribution in [1.29, 1.82) is 5.26 Å². The fourth-order valence-corrected chi connectivity index (χ4v) is 2.97. The lowest BCUT2D eigenvalue weighted by molar-refractivity contribution is -0.138. The third-order valence-corrected chi connectivity index (χ3v) is 4.29. The first-order valence-electron chi connectivity index (χ1n) is 8.29. The van der Waals surface area contributed by atoms with Crippen molar-refractivity contribution in [3.8, 4) is 6.07 Å². The van der Waals surface area contributed by atoms with Gasteiger partial charge in [-0.15, -0.1) is 0 Å². The summed E-state index contributed by atoms with van der Waals surface area (Å²) >= 11 is 0. The largest absolute Gasteiger partial charge is 0.479 e. The van der Waals surface area contributed by atoms with Gasteiger partial charge in [0, 0.05) is 16.9 Å². The highest BCUT2D eigenvalue weighted by atomic mass is 16.4. The van der Waals surface area contributed by atoms with Crippen LogP contribution in [0.2, 0.25) is 0 Å². The zero-order valence-corrected chi connectivity index (χ0v) is 14.7. The normalized spacial score (nSPS) is 11.8. The third kappa shape index (κ3) is 3.92. The molecule has 0 saturated heterocycles. The van der Waals surface area contributed by atoms with Crippen molar-refractivity contribution in [1.82, 2.24) is 0 Å². The molecule has 25 heavy (non-hydrogen) atoms. The molecule has 0 aliphatic carbocycles. The Labute approximate surface area is 148 Å². The highest BCUT2D eigenvalue weighted by Gasteiger charge is 2.24. The maximum absolute atomic E-state index is 11.8. The fraction of sp³-hybridized carbons (Fsp3) is 0.300. The van der Waals surface area contributed by atoms with Crippen molar-refractivity contribution in [2.24, 2.45) is 0 Å². The molecule has 4 N–H and O–H groups in total. The van der Waals surface area contributed by atoms with E-state index in [4.69, 9.17) is 11.0 Å². The number of nitrogens with two attached hydrogens (primary N) is 1. The van der Waals surface area contributed by atoms with Gasteiger partial charge in [0.15, 0.2) is 6.04 Å². The van der Waals surface area contributed by atoms with Gasteiger partial charge in [0.1, 0.15) is 0 Å². The molecule has 5 heteroatoms. The highest BCUT2D eigenvalue weighted by molar-refractivity contribution is 5.82. The molecule has 0 saturated carbocycles. The number of carbonyl (C=O) groups is 1. The van der Waals surface area contributed by atoms with Gasteiger partial charge in [-0.25, -0.2) is 4.79 Å². The Bertz CT molecular complexity index is 805. The summed E-state index contributed by atoms with van der Waals surface area (Å²) in [5.41, 5.74) is 10.7. The van der Waals surface area contributed by atoms with Gasteiger partial charge < -0.3 is 16.2 Å². The van der Waals surface area contributed by atoms with Crippen LogP contribution in [0.15, 0.2) is 36.4 Å². The number of aliphatic carboxylic acids is 1. The molecule has 1 atom stereocenters. The summed E-state index contributed by atoms with van der Waals surface area (Å²) in [7, 11) is 0. The molecule has 2 rings (SSSR count). The van der Waals surface area contributed by atoms with E-state index in [9.17, 15) is 9.90 Å². The molecule has 0 spiro atoms. The van der Waals surface area contributed by atoms with Gasteiger partial charge >= 0.3 is 5.97 Å². The molecule has 0 amide bonds. The van der Waals surface area contributed by atoms with E-state index in [0.717, 1.165) is 17.5 Å². The van der Waals surface area contributed by atoms with Crippen LogP contribution in [0.25, 0.3) is 0 Å². The predicted molar refractivity (Wildman–Crippen MR) is 99.5 cm³/mol. The van der Waals surface area contributed by atoms with E-state index in [-0.39, 0.29) is 0 Å². The van der Waals surface area contributed by atoms with Crippen LogP contribution in [0.4, 0.5) is 11.4 Å². The van der Waals surface area contributed by atoms with Gasteiger partial charge in [-0.05, 0) is 47.7 Å². The lowest BCUT2D eigenvalue weighted by Gasteiger charge is -2.22. The molecule has 0 aliphatic heterocycles. The minimum atomic E-state index is -1.00. The molecule has 0 aromatic heterocycles. The van der Waals surface area contributed by atoms with Crippen molar-refractivity contribution in [2.45, 2.75) is 39.2 Å². The topological polar surface area (TPSA) is 99.1 Å². The average molecular weight is 337 g/mol. The number of nitrogen functional groups attached to an aromatic ring is 1. The van der Waals surface area contributed by atoms with E-state index in [2.05, 4.69) is 19.2 Å². The van der Waals surface area contributed by atoms with Crippen molar-refractivity contribution < 1.29 is 9.90 Å². The lowest BCUT2D eigenvalue weighted by atomic mass is 9.90. The summed E-state index contributed by atoms with van der Waals surface area (Å²) in [6, 6.07) is 11.5. The van der Waals surface area contributed by atoms with Crippen LogP contribution in [0.1, 0.15) is 55.0 Å². The number of carboxylic acid groups (broad SMARTS) is 1. The molecule has 0 aliphatic rings. The number of nitriles is 1. The Morgan fingerprint density at radius 1 is 1.20 bits per heavy atom. The molecular weight excluding hydrogens is 314 g/mol. The Kier molecular flexibility index (Phi) is 5.66. The van der Waals surface area contributed by atoms with E-state index in [1.165, 1.54) is 0 Å². The monoisotopic (exact) mass is 337 g/mol. The van der Waals surface area contributed by atoms with Crippen LogP contribution in [-0.4, -0.2) is 11.1 Å². The predicted octanol–water partition coefficient (Wildman–Crippen LogP) is 4.06. The standard InChI is InChI=1S/C20H23N3O2/c1-4-15-16(12(2)3)9-10-17(18(15)22)19(20(24)25)23-14-7-5-13(11-21)6-8-14/h5-10,12,19,23H,4,22H2,1-3H3,(H,24,25). The number of rotatable bonds is 6. The van der Waals surface area contributed by atoms with E-state index < -0.39 is 12.0 Å². The molecular formula is C20H23N3O2. The van der Waals surface area contributed by atoms with Crippen LogP contribution in [-0.2, 0) is 11.2 Å². The summed E-state index contributed by atoms with van der Waals surface area (Å²) in [5.74, 6) is -0.684. The first-order valence-corrected chi connectivity index (χ1v) is 8.29. The summed E-state index contributed by atoms with van der Waals surface area (Å²) in [6.07, 6.45) is 0.746. The van der Waals surface area contributed by atoms with E-state index in [1.54, 1.807) is 30.3 Å². The van der Waals surface area contributed by atoms with Crippen LogP contribution in [0.5, 0.6) is 0 Å². The molecule has 1 unspecified atom stereocenters. The Morgan fingerprint density at radius 2 is 1.80 bits per heavy atom. The maximum Gasteiger partial charge on any atom is 0.330 e. The number of hydrogen-bond acceptors (Lipinski definition) is 4. The second-order valence-corrected chi connectivity index (χ2v) is 6.25. The molecule has 130 valence electrons. The molecule has 0 fully saturated rings. The number of anilines is 2. The van der Waals surface area contributed by atoms with Crippen molar-refractivity contribution >= 4 is 17.3 Å². The average Bonchev–Trinajstić information content (AvgIpc) is 2.59. The lowest BCUT2D eigenvalue weighted by Crippen LogP contribution is -2.22. The first-order chi connectivity index (χ1) is 11.9. The molecule has 2 aromatic rings. The van der Waals surface area contributed by atoms with Crippen LogP contribution in [0.3, 0.4) is 0 Å². The van der Waals surface area contributed by atoms with Crippen LogP contribution < -0.4 is 11.1 Å². The molecule has 0 heterocycles. The van der Waals surface area contributed by atoms with E-state index in [1.807, 2.05) is 19.1 Å². The molecule has 0 radical (unpaired) electrons. The Morgan fingerprint density at radius 3 is 2.28 bits per heavy atom.